The summed E-state index contributed by atoms with van der Waals surface area (Å²) in [5.74, 6) is 0. The van der Waals surface area contributed by atoms with Gasteiger partial charge < -0.3 is 5.11 Å². The monoisotopic (exact) mass is 266 g/mol. The molecule has 100 valence electrons. The minimum Gasteiger partial charge on any atom is -0.385 e. The quantitative estimate of drug-likeness (QED) is 0.849. The highest BCUT2D eigenvalue weighted by Crippen LogP contribution is 2.51. The number of aliphatic hydroxyl groups is 1. The van der Waals surface area contributed by atoms with Crippen molar-refractivity contribution in [2.24, 2.45) is 0 Å². The topological polar surface area (TPSA) is 38.0 Å². The molecule has 0 radical (unpaired) electrons. The minimum absolute atomic E-state index is 0.0169. The van der Waals surface area contributed by atoms with Crippen LogP contribution in [0.3, 0.4) is 0 Å². The van der Waals surface area contributed by atoms with Crippen molar-refractivity contribution in [3.05, 3.63) is 18.0 Å². The molecule has 2 aliphatic rings. The molecule has 0 amide bonds. The van der Waals surface area contributed by atoms with Gasteiger partial charge in [0.1, 0.15) is 0 Å². The Kier molecular flexibility index (Phi) is 2.79. The van der Waals surface area contributed by atoms with Crippen LogP contribution in [0.4, 0.5) is 0 Å². The van der Waals surface area contributed by atoms with Crippen LogP contribution in [0.25, 0.3) is 0 Å². The van der Waals surface area contributed by atoms with Crippen molar-refractivity contribution < 1.29 is 5.11 Å². The van der Waals surface area contributed by atoms with E-state index >= 15 is 0 Å². The molecule has 2 unspecified atom stereocenters. The average molecular weight is 266 g/mol. The third kappa shape index (κ3) is 2.10. The van der Waals surface area contributed by atoms with Crippen molar-refractivity contribution in [3.63, 3.8) is 0 Å². The molecule has 2 aliphatic heterocycles. The number of hydrogen-bond acceptors (Lipinski definition) is 3. The number of aromatic nitrogens is 2. The van der Waals surface area contributed by atoms with E-state index in [1.807, 2.05) is 17.1 Å². The van der Waals surface area contributed by atoms with Crippen LogP contribution in [0.5, 0.6) is 0 Å². The minimum atomic E-state index is -0.638. The summed E-state index contributed by atoms with van der Waals surface area (Å²) in [6.45, 7) is 6.40. The summed E-state index contributed by atoms with van der Waals surface area (Å²) in [7, 11) is 0. The molecule has 0 aliphatic carbocycles. The second kappa shape index (κ2) is 4.01. The zero-order chi connectivity index (χ0) is 13.0. The van der Waals surface area contributed by atoms with Gasteiger partial charge in [-0.1, -0.05) is 0 Å². The Balaban J connectivity index is 1.88. The molecule has 0 saturated carbocycles. The summed E-state index contributed by atoms with van der Waals surface area (Å²) in [4.78, 5) is 0. The second-order valence-electron chi connectivity index (χ2n) is 6.74. The number of thioether (sulfide) groups is 1. The first-order valence-electron chi connectivity index (χ1n) is 6.80. The highest BCUT2D eigenvalue weighted by molar-refractivity contribution is 8.00. The first kappa shape index (κ1) is 12.5. The maximum atomic E-state index is 10.9. The van der Waals surface area contributed by atoms with E-state index in [-0.39, 0.29) is 5.54 Å². The zero-order valence-electron chi connectivity index (χ0n) is 11.4. The van der Waals surface area contributed by atoms with E-state index in [1.54, 1.807) is 0 Å². The Hall–Kier alpha value is -0.480. The van der Waals surface area contributed by atoms with E-state index in [0.717, 1.165) is 18.4 Å². The van der Waals surface area contributed by atoms with Crippen molar-refractivity contribution in [1.82, 2.24) is 9.78 Å². The maximum Gasteiger partial charge on any atom is 0.0947 e. The van der Waals surface area contributed by atoms with Crippen LogP contribution in [0.15, 0.2) is 12.4 Å². The molecule has 0 aromatic carbocycles. The summed E-state index contributed by atoms with van der Waals surface area (Å²) >= 11 is 2.07. The Morgan fingerprint density at radius 1 is 1.33 bits per heavy atom. The maximum absolute atomic E-state index is 10.9. The van der Waals surface area contributed by atoms with Gasteiger partial charge in [-0.2, -0.15) is 16.9 Å². The lowest BCUT2D eigenvalue weighted by Gasteiger charge is -2.35. The van der Waals surface area contributed by atoms with E-state index in [0.29, 0.717) is 10.5 Å². The number of nitrogens with zero attached hydrogens (tertiary/aromatic N) is 2. The molecular weight excluding hydrogens is 244 g/mol. The highest BCUT2D eigenvalue weighted by atomic mass is 32.2. The van der Waals surface area contributed by atoms with Crippen LogP contribution >= 0.6 is 11.8 Å². The Labute approximate surface area is 113 Å². The third-order valence-electron chi connectivity index (χ3n) is 4.13. The highest BCUT2D eigenvalue weighted by Gasteiger charge is 2.45. The first-order valence-corrected chi connectivity index (χ1v) is 7.75. The predicted molar refractivity (Wildman–Crippen MR) is 74.8 cm³/mol. The van der Waals surface area contributed by atoms with Gasteiger partial charge in [-0.3, -0.25) is 4.68 Å². The molecule has 0 spiro atoms. The van der Waals surface area contributed by atoms with Gasteiger partial charge in [0.15, 0.2) is 0 Å². The molecule has 3 heterocycles. The van der Waals surface area contributed by atoms with Gasteiger partial charge >= 0.3 is 0 Å². The molecule has 1 aromatic rings. The zero-order valence-corrected chi connectivity index (χ0v) is 12.2. The van der Waals surface area contributed by atoms with Crippen LogP contribution in [-0.4, -0.2) is 25.4 Å². The molecule has 2 fully saturated rings. The third-order valence-corrected chi connectivity index (χ3v) is 5.71. The molecule has 2 atom stereocenters. The molecule has 3 rings (SSSR count). The van der Waals surface area contributed by atoms with E-state index in [1.165, 1.54) is 12.8 Å². The fourth-order valence-electron chi connectivity index (χ4n) is 3.08. The number of rotatable bonds is 1. The fraction of sp³-hybridized carbons (Fsp3) is 0.786. The summed E-state index contributed by atoms with van der Waals surface area (Å²) in [6, 6.07) is 0. The fourth-order valence-corrected chi connectivity index (χ4v) is 4.92. The molecule has 4 heteroatoms. The second-order valence-corrected chi connectivity index (χ2v) is 8.35. The smallest absolute Gasteiger partial charge is 0.0947 e. The lowest BCUT2D eigenvalue weighted by molar-refractivity contribution is 0.0194. The van der Waals surface area contributed by atoms with Gasteiger partial charge in [-0.25, -0.2) is 0 Å². The summed E-state index contributed by atoms with van der Waals surface area (Å²) in [6.07, 6.45) is 8.22. The predicted octanol–water partition coefficient (Wildman–Crippen LogP) is 2.88. The van der Waals surface area contributed by atoms with Crippen LogP contribution in [0, 0.1) is 0 Å². The lowest BCUT2D eigenvalue weighted by atomic mass is 9.88. The summed E-state index contributed by atoms with van der Waals surface area (Å²) < 4.78 is 1.96. The Morgan fingerprint density at radius 2 is 1.94 bits per heavy atom. The van der Waals surface area contributed by atoms with Crippen LogP contribution < -0.4 is 0 Å². The van der Waals surface area contributed by atoms with Crippen molar-refractivity contribution in [3.8, 4) is 0 Å². The van der Waals surface area contributed by atoms with Crippen LogP contribution in [0.2, 0.25) is 0 Å². The standard InChI is InChI=1S/C14H22N2OS/c1-13(2,3)16-9-10(8-15-16)14(17)6-11-4-5-12(7-14)18-11/h8-9,11-12,17H,4-7H2,1-3H3. The van der Waals surface area contributed by atoms with Gasteiger partial charge in [0.05, 0.1) is 17.3 Å². The van der Waals surface area contributed by atoms with Crippen molar-refractivity contribution in [2.75, 3.05) is 0 Å². The Morgan fingerprint density at radius 3 is 2.44 bits per heavy atom. The average Bonchev–Trinajstić information content (AvgIpc) is 2.84. The molecular formula is C14H22N2OS. The Bertz CT molecular complexity index is 437. The van der Waals surface area contributed by atoms with Crippen LogP contribution in [-0.2, 0) is 11.1 Å². The van der Waals surface area contributed by atoms with Crippen LogP contribution in [0.1, 0.15) is 52.0 Å². The number of fused-ring (bicyclic) bond motifs is 2. The van der Waals surface area contributed by atoms with Gasteiger partial charge in [0.2, 0.25) is 0 Å². The molecule has 3 nitrogen and oxygen atoms in total. The summed E-state index contributed by atoms with van der Waals surface area (Å²) in [5, 5.41) is 16.7. The van der Waals surface area contributed by atoms with Gasteiger partial charge in [-0.15, -0.1) is 0 Å². The van der Waals surface area contributed by atoms with E-state index < -0.39 is 5.60 Å². The SMILES string of the molecule is CC(C)(C)n1cc(C2(O)CC3CCC(C2)S3)cn1. The summed E-state index contributed by atoms with van der Waals surface area (Å²) in [5.41, 5.74) is 0.354. The molecule has 2 bridgehead atoms. The van der Waals surface area contributed by atoms with E-state index in [9.17, 15) is 5.11 Å². The van der Waals surface area contributed by atoms with Gasteiger partial charge in [-0.05, 0) is 46.5 Å². The molecule has 1 N–H and O–H groups in total. The normalized spacial score (nSPS) is 36.0. The number of hydrogen-bond donors (Lipinski definition) is 1. The van der Waals surface area contributed by atoms with Crippen molar-refractivity contribution in [1.29, 1.82) is 0 Å². The molecule has 2 saturated heterocycles. The first-order chi connectivity index (χ1) is 8.37. The van der Waals surface area contributed by atoms with Crippen molar-refractivity contribution in [2.45, 2.75) is 68.1 Å². The van der Waals surface area contributed by atoms with Gasteiger partial charge in [0.25, 0.3) is 0 Å². The molecule has 18 heavy (non-hydrogen) atoms. The lowest BCUT2D eigenvalue weighted by Crippen LogP contribution is -2.34. The van der Waals surface area contributed by atoms with Crippen molar-refractivity contribution >= 4 is 11.8 Å². The van der Waals surface area contributed by atoms with E-state index in [2.05, 4.69) is 37.6 Å². The molecule has 1 aromatic heterocycles. The van der Waals surface area contributed by atoms with E-state index in [4.69, 9.17) is 0 Å². The largest absolute Gasteiger partial charge is 0.385 e. The van der Waals surface area contributed by atoms with Gasteiger partial charge in [0, 0.05) is 22.3 Å².